The number of aryl methyl sites for hydroxylation is 1. The Morgan fingerprint density at radius 3 is 2.74 bits per heavy atom. The van der Waals surface area contributed by atoms with Crippen molar-refractivity contribution in [3.05, 3.63) is 59.0 Å². The molecule has 0 spiro atoms. The lowest BCUT2D eigenvalue weighted by molar-refractivity contribution is 0.248. The first-order valence-corrected chi connectivity index (χ1v) is 7.80. The van der Waals surface area contributed by atoms with Gasteiger partial charge in [0, 0.05) is 22.3 Å². The van der Waals surface area contributed by atoms with Crippen molar-refractivity contribution in [2.75, 3.05) is 13.2 Å². The Morgan fingerprint density at radius 1 is 1.09 bits per heavy atom. The standard InChI is InChI=1S/C18H17ClFNO2/c1-12-18(16-11-14(20)6-7-17(16)21-12)23-9-3-8-22-15-5-2-4-13(19)10-15/h2,4-7,10-11,21H,3,8-9H2,1H3. The van der Waals surface area contributed by atoms with Gasteiger partial charge in [-0.3, -0.25) is 0 Å². The summed E-state index contributed by atoms with van der Waals surface area (Å²) in [6.07, 6.45) is 0.716. The van der Waals surface area contributed by atoms with Gasteiger partial charge in [-0.25, -0.2) is 4.39 Å². The summed E-state index contributed by atoms with van der Waals surface area (Å²) in [5, 5.41) is 1.41. The molecule has 3 nitrogen and oxygen atoms in total. The molecular weight excluding hydrogens is 317 g/mol. The van der Waals surface area contributed by atoms with E-state index in [2.05, 4.69) is 4.98 Å². The van der Waals surface area contributed by atoms with Gasteiger partial charge in [0.15, 0.2) is 0 Å². The van der Waals surface area contributed by atoms with Gasteiger partial charge < -0.3 is 14.5 Å². The fourth-order valence-corrected chi connectivity index (χ4v) is 2.62. The van der Waals surface area contributed by atoms with E-state index < -0.39 is 0 Å². The number of ether oxygens (including phenoxy) is 2. The molecule has 0 fully saturated rings. The highest BCUT2D eigenvalue weighted by molar-refractivity contribution is 6.30. The second-order valence-corrected chi connectivity index (χ2v) is 5.71. The quantitative estimate of drug-likeness (QED) is 0.635. The average molecular weight is 334 g/mol. The first-order chi connectivity index (χ1) is 11.1. The summed E-state index contributed by atoms with van der Waals surface area (Å²) >= 11 is 5.90. The monoisotopic (exact) mass is 333 g/mol. The lowest BCUT2D eigenvalue weighted by atomic mass is 10.2. The van der Waals surface area contributed by atoms with Crippen LogP contribution in [0.15, 0.2) is 42.5 Å². The number of aromatic amines is 1. The van der Waals surface area contributed by atoms with Gasteiger partial charge in [-0.2, -0.15) is 0 Å². The van der Waals surface area contributed by atoms with Crippen LogP contribution in [0, 0.1) is 12.7 Å². The Morgan fingerprint density at radius 2 is 1.91 bits per heavy atom. The van der Waals surface area contributed by atoms with Crippen molar-refractivity contribution in [2.45, 2.75) is 13.3 Å². The molecule has 0 atom stereocenters. The van der Waals surface area contributed by atoms with Crippen LogP contribution in [0.2, 0.25) is 5.02 Å². The Kier molecular flexibility index (Phi) is 4.72. The van der Waals surface area contributed by atoms with Crippen LogP contribution in [0.4, 0.5) is 4.39 Å². The van der Waals surface area contributed by atoms with Gasteiger partial charge in [0.25, 0.3) is 0 Å². The average Bonchev–Trinajstić information content (AvgIpc) is 2.82. The molecule has 120 valence electrons. The van der Waals surface area contributed by atoms with Crippen molar-refractivity contribution in [2.24, 2.45) is 0 Å². The third-order valence-electron chi connectivity index (χ3n) is 3.49. The summed E-state index contributed by atoms with van der Waals surface area (Å²) in [5.74, 6) is 1.16. The van der Waals surface area contributed by atoms with Crippen LogP contribution in [0.3, 0.4) is 0 Å². The van der Waals surface area contributed by atoms with E-state index >= 15 is 0 Å². The van der Waals surface area contributed by atoms with Crippen molar-refractivity contribution in [3.63, 3.8) is 0 Å². The van der Waals surface area contributed by atoms with Crippen molar-refractivity contribution in [3.8, 4) is 11.5 Å². The molecule has 0 aliphatic heterocycles. The van der Waals surface area contributed by atoms with Crippen LogP contribution in [0.25, 0.3) is 10.9 Å². The molecular formula is C18H17ClFNO2. The van der Waals surface area contributed by atoms with Crippen LogP contribution in [-0.2, 0) is 0 Å². The largest absolute Gasteiger partial charge is 0.493 e. The zero-order valence-electron chi connectivity index (χ0n) is 12.7. The van der Waals surface area contributed by atoms with E-state index in [1.807, 2.05) is 19.1 Å². The van der Waals surface area contributed by atoms with Crippen LogP contribution >= 0.6 is 11.6 Å². The maximum absolute atomic E-state index is 13.4. The molecule has 3 aromatic rings. The lowest BCUT2D eigenvalue weighted by Crippen LogP contribution is -2.05. The minimum atomic E-state index is -0.273. The van der Waals surface area contributed by atoms with Crippen molar-refractivity contribution in [1.82, 2.24) is 4.98 Å². The van der Waals surface area contributed by atoms with Gasteiger partial charge in [0.05, 0.1) is 18.9 Å². The highest BCUT2D eigenvalue weighted by atomic mass is 35.5. The molecule has 2 aromatic carbocycles. The zero-order chi connectivity index (χ0) is 16.2. The second kappa shape index (κ2) is 6.92. The van der Waals surface area contributed by atoms with Gasteiger partial charge in [-0.15, -0.1) is 0 Å². The first-order valence-electron chi connectivity index (χ1n) is 7.42. The Labute approximate surface area is 139 Å². The molecule has 0 bridgehead atoms. The van der Waals surface area contributed by atoms with E-state index in [9.17, 15) is 4.39 Å². The van der Waals surface area contributed by atoms with Gasteiger partial charge in [0.1, 0.15) is 17.3 Å². The molecule has 23 heavy (non-hydrogen) atoms. The predicted molar refractivity (Wildman–Crippen MR) is 90.1 cm³/mol. The summed E-state index contributed by atoms with van der Waals surface area (Å²) in [5.41, 5.74) is 1.76. The zero-order valence-corrected chi connectivity index (χ0v) is 13.5. The van der Waals surface area contributed by atoms with Crippen molar-refractivity contribution in [1.29, 1.82) is 0 Å². The molecule has 1 aromatic heterocycles. The highest BCUT2D eigenvalue weighted by Crippen LogP contribution is 2.30. The number of nitrogens with one attached hydrogen (secondary N) is 1. The molecule has 0 radical (unpaired) electrons. The number of benzene rings is 2. The first kappa shape index (κ1) is 15.7. The number of rotatable bonds is 6. The lowest BCUT2D eigenvalue weighted by Gasteiger charge is -2.08. The number of hydrogen-bond donors (Lipinski definition) is 1. The fraction of sp³-hybridized carbons (Fsp3) is 0.222. The Hall–Kier alpha value is -2.20. The molecule has 5 heteroatoms. The maximum Gasteiger partial charge on any atom is 0.147 e. The molecule has 0 unspecified atom stereocenters. The number of H-pyrrole nitrogens is 1. The number of hydrogen-bond acceptors (Lipinski definition) is 2. The van der Waals surface area contributed by atoms with E-state index in [4.69, 9.17) is 21.1 Å². The molecule has 1 heterocycles. The fourth-order valence-electron chi connectivity index (χ4n) is 2.44. The summed E-state index contributed by atoms with van der Waals surface area (Å²) in [4.78, 5) is 3.19. The van der Waals surface area contributed by atoms with Crippen molar-refractivity contribution < 1.29 is 13.9 Å². The van der Waals surface area contributed by atoms with E-state index in [1.54, 1.807) is 18.2 Å². The minimum absolute atomic E-state index is 0.273. The smallest absolute Gasteiger partial charge is 0.147 e. The minimum Gasteiger partial charge on any atom is -0.493 e. The molecule has 0 saturated carbocycles. The Balaban J connectivity index is 1.55. The topological polar surface area (TPSA) is 34.2 Å². The highest BCUT2D eigenvalue weighted by Gasteiger charge is 2.10. The summed E-state index contributed by atoms with van der Waals surface area (Å²) in [6.45, 7) is 2.93. The summed E-state index contributed by atoms with van der Waals surface area (Å²) in [7, 11) is 0. The second-order valence-electron chi connectivity index (χ2n) is 5.28. The van der Waals surface area contributed by atoms with E-state index in [0.29, 0.717) is 30.4 Å². The van der Waals surface area contributed by atoms with Crippen LogP contribution < -0.4 is 9.47 Å². The van der Waals surface area contributed by atoms with Crippen molar-refractivity contribution >= 4 is 22.5 Å². The Bertz CT molecular complexity index is 816. The molecule has 1 N–H and O–H groups in total. The molecule has 0 aliphatic carbocycles. The number of fused-ring (bicyclic) bond motifs is 1. The van der Waals surface area contributed by atoms with Crippen LogP contribution in [0.1, 0.15) is 12.1 Å². The van der Waals surface area contributed by atoms with Gasteiger partial charge in [-0.1, -0.05) is 17.7 Å². The van der Waals surface area contributed by atoms with Crippen LogP contribution in [-0.4, -0.2) is 18.2 Å². The predicted octanol–water partition coefficient (Wildman–Crippen LogP) is 5.12. The van der Waals surface area contributed by atoms with Gasteiger partial charge in [0.2, 0.25) is 0 Å². The molecule has 0 amide bonds. The van der Waals surface area contributed by atoms with E-state index in [0.717, 1.165) is 22.3 Å². The van der Waals surface area contributed by atoms with Gasteiger partial charge >= 0.3 is 0 Å². The molecule has 0 saturated heterocycles. The third-order valence-corrected chi connectivity index (χ3v) is 3.72. The van der Waals surface area contributed by atoms with E-state index in [1.165, 1.54) is 12.1 Å². The molecule has 3 rings (SSSR count). The van der Waals surface area contributed by atoms with Gasteiger partial charge in [-0.05, 0) is 43.3 Å². The molecule has 0 aliphatic rings. The number of aromatic nitrogens is 1. The SMILES string of the molecule is Cc1[nH]c2ccc(F)cc2c1OCCCOc1cccc(Cl)c1. The normalized spacial score (nSPS) is 10.9. The number of halogens is 2. The third kappa shape index (κ3) is 3.77. The van der Waals surface area contributed by atoms with E-state index in [-0.39, 0.29) is 5.82 Å². The maximum atomic E-state index is 13.4. The van der Waals surface area contributed by atoms with Crippen LogP contribution in [0.5, 0.6) is 11.5 Å². The summed E-state index contributed by atoms with van der Waals surface area (Å²) < 4.78 is 24.8. The summed E-state index contributed by atoms with van der Waals surface area (Å²) in [6, 6.07) is 11.9.